The highest BCUT2D eigenvalue weighted by atomic mass is 32.2. The van der Waals surface area contributed by atoms with Gasteiger partial charge in [0, 0.05) is 26.0 Å². The topological polar surface area (TPSA) is 50.3 Å². The molecule has 0 radical (unpaired) electrons. The monoisotopic (exact) mass is 242 g/mol. The lowest BCUT2D eigenvalue weighted by Gasteiger charge is -2.16. The first-order valence-corrected chi connectivity index (χ1v) is 6.89. The van der Waals surface area contributed by atoms with Crippen molar-refractivity contribution in [2.45, 2.75) is 31.1 Å². The number of nitrogens with zero attached hydrogens (tertiary/aromatic N) is 2. The second kappa shape index (κ2) is 5.96. The lowest BCUT2D eigenvalue weighted by atomic mass is 10.2. The summed E-state index contributed by atoms with van der Waals surface area (Å²) in [5.74, 6) is 0. The SMILES string of the molecule is CCCCCN(C)S(=O)(=O)c1cccnc1. The van der Waals surface area contributed by atoms with Crippen LogP contribution in [0.3, 0.4) is 0 Å². The fraction of sp³-hybridized carbons (Fsp3) is 0.545. The Labute approximate surface area is 97.4 Å². The van der Waals surface area contributed by atoms with Gasteiger partial charge in [0.2, 0.25) is 10.0 Å². The van der Waals surface area contributed by atoms with Crippen molar-refractivity contribution in [3.05, 3.63) is 24.5 Å². The van der Waals surface area contributed by atoms with Gasteiger partial charge < -0.3 is 0 Å². The molecule has 0 spiro atoms. The van der Waals surface area contributed by atoms with E-state index in [4.69, 9.17) is 0 Å². The van der Waals surface area contributed by atoms with E-state index in [1.165, 1.54) is 10.5 Å². The Kier molecular flexibility index (Phi) is 4.89. The van der Waals surface area contributed by atoms with Gasteiger partial charge in [-0.1, -0.05) is 19.8 Å². The van der Waals surface area contributed by atoms with Crippen LogP contribution >= 0.6 is 0 Å². The van der Waals surface area contributed by atoms with Gasteiger partial charge in [0.25, 0.3) is 0 Å². The minimum Gasteiger partial charge on any atom is -0.263 e. The summed E-state index contributed by atoms with van der Waals surface area (Å²) in [5.41, 5.74) is 0. The molecule has 0 aliphatic carbocycles. The molecule has 1 aromatic rings. The molecular formula is C11H18N2O2S. The Morgan fingerprint density at radius 2 is 2.12 bits per heavy atom. The molecule has 1 aromatic heterocycles. The van der Waals surface area contributed by atoms with Crippen molar-refractivity contribution < 1.29 is 8.42 Å². The molecule has 90 valence electrons. The zero-order valence-electron chi connectivity index (χ0n) is 9.76. The van der Waals surface area contributed by atoms with Gasteiger partial charge in [0.05, 0.1) is 0 Å². The second-order valence-electron chi connectivity index (χ2n) is 3.72. The van der Waals surface area contributed by atoms with E-state index in [1.54, 1.807) is 25.4 Å². The molecule has 0 aromatic carbocycles. The van der Waals surface area contributed by atoms with Gasteiger partial charge in [-0.3, -0.25) is 4.98 Å². The highest BCUT2D eigenvalue weighted by Gasteiger charge is 2.19. The highest BCUT2D eigenvalue weighted by molar-refractivity contribution is 7.89. The van der Waals surface area contributed by atoms with Crippen molar-refractivity contribution in [3.63, 3.8) is 0 Å². The summed E-state index contributed by atoms with van der Waals surface area (Å²) < 4.78 is 25.4. The number of hydrogen-bond acceptors (Lipinski definition) is 3. The predicted molar refractivity (Wildman–Crippen MR) is 63.6 cm³/mol. The number of aromatic nitrogens is 1. The molecule has 0 saturated heterocycles. The molecule has 0 bridgehead atoms. The summed E-state index contributed by atoms with van der Waals surface area (Å²) in [6, 6.07) is 3.20. The standard InChI is InChI=1S/C11H18N2O2S/c1-3-4-5-9-13(2)16(14,15)11-7-6-8-12-10-11/h6-8,10H,3-5,9H2,1-2H3. The summed E-state index contributed by atoms with van der Waals surface area (Å²) in [5, 5.41) is 0. The van der Waals surface area contributed by atoms with Crippen LogP contribution < -0.4 is 0 Å². The number of pyridine rings is 1. The average molecular weight is 242 g/mol. The van der Waals surface area contributed by atoms with E-state index >= 15 is 0 Å². The molecule has 16 heavy (non-hydrogen) atoms. The maximum Gasteiger partial charge on any atom is 0.244 e. The molecule has 0 atom stereocenters. The van der Waals surface area contributed by atoms with Gasteiger partial charge in [0.1, 0.15) is 4.90 Å². The van der Waals surface area contributed by atoms with E-state index in [0.717, 1.165) is 19.3 Å². The smallest absolute Gasteiger partial charge is 0.244 e. The van der Waals surface area contributed by atoms with Crippen molar-refractivity contribution >= 4 is 10.0 Å². The molecule has 0 aliphatic rings. The van der Waals surface area contributed by atoms with E-state index in [1.807, 2.05) is 0 Å². The quantitative estimate of drug-likeness (QED) is 0.716. The summed E-state index contributed by atoms with van der Waals surface area (Å²) in [6.45, 7) is 2.65. The van der Waals surface area contributed by atoms with Crippen LogP contribution in [0.25, 0.3) is 0 Å². The molecule has 0 fully saturated rings. The minimum atomic E-state index is -3.35. The number of unbranched alkanes of at least 4 members (excludes halogenated alkanes) is 2. The predicted octanol–water partition coefficient (Wildman–Crippen LogP) is 1.89. The lowest BCUT2D eigenvalue weighted by molar-refractivity contribution is 0.454. The van der Waals surface area contributed by atoms with Crippen molar-refractivity contribution in [2.24, 2.45) is 0 Å². The molecule has 0 N–H and O–H groups in total. The van der Waals surface area contributed by atoms with Crippen LogP contribution in [-0.2, 0) is 10.0 Å². The third-order valence-electron chi connectivity index (χ3n) is 2.42. The first-order valence-electron chi connectivity index (χ1n) is 5.45. The third kappa shape index (κ3) is 3.28. The largest absolute Gasteiger partial charge is 0.263 e. The Morgan fingerprint density at radius 3 is 2.69 bits per heavy atom. The molecule has 4 nitrogen and oxygen atoms in total. The Balaban J connectivity index is 2.71. The van der Waals surface area contributed by atoms with E-state index in [2.05, 4.69) is 11.9 Å². The van der Waals surface area contributed by atoms with Crippen LogP contribution in [0.4, 0.5) is 0 Å². The lowest BCUT2D eigenvalue weighted by Crippen LogP contribution is -2.28. The minimum absolute atomic E-state index is 0.258. The van der Waals surface area contributed by atoms with Crippen LogP contribution in [0.1, 0.15) is 26.2 Å². The maximum absolute atomic E-state index is 12.0. The van der Waals surface area contributed by atoms with Crippen LogP contribution in [0, 0.1) is 0 Å². The molecule has 5 heteroatoms. The second-order valence-corrected chi connectivity index (χ2v) is 5.77. The molecule has 0 aliphatic heterocycles. The van der Waals surface area contributed by atoms with Crippen LogP contribution in [0.5, 0.6) is 0 Å². The molecule has 0 unspecified atom stereocenters. The van der Waals surface area contributed by atoms with Gasteiger partial charge in [0.15, 0.2) is 0 Å². The zero-order chi connectivity index (χ0) is 12.0. The summed E-state index contributed by atoms with van der Waals surface area (Å²) >= 11 is 0. The normalized spacial score (nSPS) is 11.9. The van der Waals surface area contributed by atoms with Crippen molar-refractivity contribution in [1.82, 2.24) is 9.29 Å². The summed E-state index contributed by atoms with van der Waals surface area (Å²) in [4.78, 5) is 4.08. The van der Waals surface area contributed by atoms with Crippen molar-refractivity contribution in [3.8, 4) is 0 Å². The first kappa shape index (κ1) is 13.1. The van der Waals surface area contributed by atoms with Crippen molar-refractivity contribution in [1.29, 1.82) is 0 Å². The van der Waals surface area contributed by atoms with E-state index in [0.29, 0.717) is 6.54 Å². The van der Waals surface area contributed by atoms with Crippen molar-refractivity contribution in [2.75, 3.05) is 13.6 Å². The molecule has 1 rings (SSSR count). The third-order valence-corrected chi connectivity index (χ3v) is 4.26. The summed E-state index contributed by atoms with van der Waals surface area (Å²) in [6.07, 6.45) is 5.97. The van der Waals surface area contributed by atoms with Crippen LogP contribution in [-0.4, -0.2) is 31.3 Å². The maximum atomic E-state index is 12.0. The van der Waals surface area contributed by atoms with Gasteiger partial charge in [-0.05, 0) is 18.6 Å². The Bertz CT molecular complexity index is 403. The molecule has 0 saturated carbocycles. The zero-order valence-corrected chi connectivity index (χ0v) is 10.6. The van der Waals surface area contributed by atoms with Crippen LogP contribution in [0.2, 0.25) is 0 Å². The fourth-order valence-corrected chi connectivity index (χ4v) is 2.56. The Morgan fingerprint density at radius 1 is 1.38 bits per heavy atom. The van der Waals surface area contributed by atoms with E-state index in [-0.39, 0.29) is 4.90 Å². The van der Waals surface area contributed by atoms with Gasteiger partial charge in [-0.25, -0.2) is 12.7 Å². The number of sulfonamides is 1. The number of rotatable bonds is 6. The van der Waals surface area contributed by atoms with Gasteiger partial charge >= 0.3 is 0 Å². The highest BCUT2D eigenvalue weighted by Crippen LogP contribution is 2.12. The average Bonchev–Trinajstić information content (AvgIpc) is 2.30. The van der Waals surface area contributed by atoms with E-state index in [9.17, 15) is 8.42 Å². The van der Waals surface area contributed by atoms with Crippen LogP contribution in [0.15, 0.2) is 29.4 Å². The Hall–Kier alpha value is -0.940. The fourth-order valence-electron chi connectivity index (χ4n) is 1.38. The van der Waals surface area contributed by atoms with Gasteiger partial charge in [-0.15, -0.1) is 0 Å². The number of hydrogen-bond donors (Lipinski definition) is 0. The van der Waals surface area contributed by atoms with Gasteiger partial charge in [-0.2, -0.15) is 0 Å². The summed E-state index contributed by atoms with van der Waals surface area (Å²) in [7, 11) is -1.74. The molecule has 1 heterocycles. The van der Waals surface area contributed by atoms with E-state index < -0.39 is 10.0 Å². The first-order chi connectivity index (χ1) is 7.59. The molecule has 0 amide bonds. The molecular weight excluding hydrogens is 224 g/mol.